The molecule has 0 spiro atoms. The van der Waals surface area contributed by atoms with E-state index in [1.807, 2.05) is 4.90 Å². The maximum Gasteiger partial charge on any atom is 0.328 e. The van der Waals surface area contributed by atoms with Crippen molar-refractivity contribution in [2.45, 2.75) is 38.3 Å². The summed E-state index contributed by atoms with van der Waals surface area (Å²) in [5, 5.41) is 9.21. The topological polar surface area (TPSA) is 106 Å². The van der Waals surface area contributed by atoms with Crippen LogP contribution in [0.25, 0.3) is 5.69 Å². The monoisotopic (exact) mass is 540 g/mol. The maximum atomic E-state index is 12.8. The Hall–Kier alpha value is -2.43. The smallest absolute Gasteiger partial charge is 0.328 e. The number of aromatic nitrogens is 5. The van der Waals surface area contributed by atoms with Gasteiger partial charge in [-0.15, -0.1) is 5.10 Å². The van der Waals surface area contributed by atoms with Crippen molar-refractivity contribution in [3.8, 4) is 5.69 Å². The van der Waals surface area contributed by atoms with Crippen LogP contribution in [0.1, 0.15) is 25.0 Å². The van der Waals surface area contributed by atoms with E-state index in [4.69, 9.17) is 23.2 Å². The van der Waals surface area contributed by atoms with Crippen LogP contribution in [0.5, 0.6) is 0 Å². The number of hydrogen-bond acceptors (Lipinski definition) is 5. The molecule has 1 saturated heterocycles. The number of benzene rings is 1. The Labute approximate surface area is 201 Å². The molecule has 9 nitrogen and oxygen atoms in total. The number of hydrogen-bond donors (Lipinski definition) is 1. The highest BCUT2D eigenvalue weighted by molar-refractivity contribution is 9.10. The lowest BCUT2D eigenvalue weighted by Crippen LogP contribution is -2.38. The molecule has 1 aliphatic heterocycles. The van der Waals surface area contributed by atoms with Crippen LogP contribution in [0.15, 0.2) is 44.7 Å². The van der Waals surface area contributed by atoms with Crippen LogP contribution >= 0.6 is 39.1 Å². The molecule has 0 radical (unpaired) electrons. The normalized spacial score (nSPS) is 16.0. The Bertz CT molecular complexity index is 1270. The Morgan fingerprint density at radius 2 is 2.06 bits per heavy atom. The summed E-state index contributed by atoms with van der Waals surface area (Å²) in [4.78, 5) is 40.3. The number of carbonyl (C=O) groups excluding carboxylic acids is 1. The predicted octanol–water partition coefficient (Wildman–Crippen LogP) is 2.81. The Balaban J connectivity index is 1.42. The van der Waals surface area contributed by atoms with Crippen molar-refractivity contribution in [1.82, 2.24) is 29.4 Å². The van der Waals surface area contributed by atoms with Crippen molar-refractivity contribution in [3.05, 3.63) is 71.6 Å². The summed E-state index contributed by atoms with van der Waals surface area (Å²) in [6, 6.07) is 5.29. The molecule has 0 bridgehead atoms. The molecular weight excluding hydrogens is 523 g/mol. The van der Waals surface area contributed by atoms with Gasteiger partial charge in [0.15, 0.2) is 0 Å². The first-order valence-electron chi connectivity index (χ1n) is 9.98. The van der Waals surface area contributed by atoms with Crippen molar-refractivity contribution >= 4 is 45.0 Å². The van der Waals surface area contributed by atoms with Crippen molar-refractivity contribution in [2.24, 2.45) is 0 Å². The quantitative estimate of drug-likeness (QED) is 0.516. The second-order valence-electron chi connectivity index (χ2n) is 7.49. The van der Waals surface area contributed by atoms with Gasteiger partial charge >= 0.3 is 5.69 Å². The molecule has 1 unspecified atom stereocenters. The lowest BCUT2D eigenvalue weighted by atomic mass is 10.1. The van der Waals surface area contributed by atoms with Gasteiger partial charge in [0.1, 0.15) is 0 Å². The van der Waals surface area contributed by atoms with Crippen LogP contribution in [-0.2, 0) is 17.8 Å². The van der Waals surface area contributed by atoms with Gasteiger partial charge in [0.2, 0.25) is 5.91 Å². The molecule has 0 saturated carbocycles. The fraction of sp³-hybridized carbons (Fsp3) is 0.350. The van der Waals surface area contributed by atoms with E-state index in [0.717, 1.165) is 18.5 Å². The summed E-state index contributed by atoms with van der Waals surface area (Å²) in [6.45, 7) is 0.835. The number of aromatic amines is 1. The molecule has 1 fully saturated rings. The third-order valence-corrected chi connectivity index (χ3v) is 6.77. The van der Waals surface area contributed by atoms with Crippen molar-refractivity contribution < 1.29 is 4.79 Å². The Morgan fingerprint density at radius 3 is 2.88 bits per heavy atom. The molecular formula is C20H19BrCl2N6O3. The van der Waals surface area contributed by atoms with Gasteiger partial charge in [-0.3, -0.25) is 19.1 Å². The van der Waals surface area contributed by atoms with Crippen molar-refractivity contribution in [1.29, 1.82) is 0 Å². The third kappa shape index (κ3) is 4.82. The summed E-state index contributed by atoms with van der Waals surface area (Å²) >= 11 is 15.4. The number of H-pyrrole nitrogens is 1. The number of likely N-dealkylation sites (tertiary alicyclic amines) is 1. The summed E-state index contributed by atoms with van der Waals surface area (Å²) in [7, 11) is 0. The van der Waals surface area contributed by atoms with E-state index in [9.17, 15) is 14.4 Å². The largest absolute Gasteiger partial charge is 0.339 e. The van der Waals surface area contributed by atoms with Gasteiger partial charge in [0, 0.05) is 38.2 Å². The van der Waals surface area contributed by atoms with Gasteiger partial charge < -0.3 is 4.90 Å². The summed E-state index contributed by atoms with van der Waals surface area (Å²) in [5.74, 6) is -0.0491. The fourth-order valence-electron chi connectivity index (χ4n) is 3.81. The standard InChI is InChI=1S/C20H19BrCl2N6O3/c21-14-11-27(20(32)24-19(14)31)8-6-17(30)28-7-2-3-13(28)9-12-10-29(26-25-12)16-5-1-4-15(22)18(16)23/h1,4-5,10-11,13H,2-3,6-9H2,(H,24,31,32). The highest BCUT2D eigenvalue weighted by Gasteiger charge is 2.29. The van der Waals surface area contributed by atoms with Gasteiger partial charge in [-0.2, -0.15) is 0 Å². The number of halogens is 3. The van der Waals surface area contributed by atoms with Gasteiger partial charge in [0.25, 0.3) is 5.56 Å². The number of rotatable bonds is 6. The average Bonchev–Trinajstić information content (AvgIpc) is 3.41. The van der Waals surface area contributed by atoms with Gasteiger partial charge in [0.05, 0.1) is 32.1 Å². The van der Waals surface area contributed by atoms with E-state index >= 15 is 0 Å². The molecule has 1 aromatic carbocycles. The van der Waals surface area contributed by atoms with E-state index in [2.05, 4.69) is 31.2 Å². The number of aryl methyl sites for hydroxylation is 1. The third-order valence-electron chi connectivity index (χ3n) is 5.40. The number of carbonyl (C=O) groups is 1. The second kappa shape index (κ2) is 9.60. The highest BCUT2D eigenvalue weighted by Crippen LogP contribution is 2.28. The van der Waals surface area contributed by atoms with E-state index in [-0.39, 0.29) is 29.4 Å². The molecule has 0 aliphatic carbocycles. The van der Waals surface area contributed by atoms with Gasteiger partial charge in [-0.05, 0) is 40.9 Å². The van der Waals surface area contributed by atoms with Crippen molar-refractivity contribution in [2.75, 3.05) is 6.54 Å². The molecule has 168 valence electrons. The van der Waals surface area contributed by atoms with Crippen LogP contribution in [0.3, 0.4) is 0 Å². The minimum Gasteiger partial charge on any atom is -0.339 e. The van der Waals surface area contributed by atoms with E-state index in [1.165, 1.54) is 10.8 Å². The maximum absolute atomic E-state index is 12.8. The molecule has 3 heterocycles. The Kier molecular flexibility index (Phi) is 6.82. The van der Waals surface area contributed by atoms with Crippen LogP contribution < -0.4 is 11.2 Å². The van der Waals surface area contributed by atoms with Crippen LogP contribution in [0.4, 0.5) is 0 Å². The van der Waals surface area contributed by atoms with Gasteiger partial charge in [-0.25, -0.2) is 9.48 Å². The molecule has 12 heteroatoms. The molecule has 4 rings (SSSR count). The highest BCUT2D eigenvalue weighted by atomic mass is 79.9. The molecule has 1 N–H and O–H groups in total. The first-order chi connectivity index (χ1) is 15.3. The zero-order valence-corrected chi connectivity index (χ0v) is 19.9. The average molecular weight is 542 g/mol. The zero-order chi connectivity index (χ0) is 22.8. The summed E-state index contributed by atoms with van der Waals surface area (Å²) in [5.41, 5.74) is 0.339. The van der Waals surface area contributed by atoms with Gasteiger partial charge in [-0.1, -0.05) is 34.5 Å². The number of nitrogens with one attached hydrogen (secondary N) is 1. The first-order valence-corrected chi connectivity index (χ1v) is 11.5. The lowest BCUT2D eigenvalue weighted by Gasteiger charge is -2.24. The number of nitrogens with zero attached hydrogens (tertiary/aromatic N) is 5. The molecule has 2 aromatic heterocycles. The zero-order valence-electron chi connectivity index (χ0n) is 16.8. The van der Waals surface area contributed by atoms with Crippen LogP contribution in [-0.4, -0.2) is 47.9 Å². The van der Waals surface area contributed by atoms with Crippen LogP contribution in [0, 0.1) is 0 Å². The van der Waals surface area contributed by atoms with E-state index < -0.39 is 11.2 Å². The molecule has 1 atom stereocenters. The van der Waals surface area contributed by atoms with E-state index in [0.29, 0.717) is 28.7 Å². The minimum absolute atomic E-state index is 0.00141. The second-order valence-corrected chi connectivity index (χ2v) is 9.13. The SMILES string of the molecule is O=C(CCn1cc(Br)c(=O)[nH]c1=O)N1CCCC1Cc1cn(-c2cccc(Cl)c2Cl)nn1. The molecule has 1 amide bonds. The summed E-state index contributed by atoms with van der Waals surface area (Å²) in [6.07, 6.45) is 5.66. The summed E-state index contributed by atoms with van der Waals surface area (Å²) < 4.78 is 3.13. The number of amides is 1. The lowest BCUT2D eigenvalue weighted by molar-refractivity contribution is -0.132. The molecule has 1 aliphatic rings. The predicted molar refractivity (Wildman–Crippen MR) is 123 cm³/mol. The van der Waals surface area contributed by atoms with Crippen molar-refractivity contribution in [3.63, 3.8) is 0 Å². The molecule has 3 aromatic rings. The minimum atomic E-state index is -0.541. The Morgan fingerprint density at radius 1 is 1.25 bits per heavy atom. The molecule has 32 heavy (non-hydrogen) atoms. The first kappa shape index (κ1) is 22.8. The van der Waals surface area contributed by atoms with E-state index in [1.54, 1.807) is 29.1 Å². The fourth-order valence-corrected chi connectivity index (χ4v) is 4.53. The van der Waals surface area contributed by atoms with Crippen LogP contribution in [0.2, 0.25) is 10.0 Å².